The van der Waals surface area contributed by atoms with Gasteiger partial charge >= 0.3 is 46.6 Å². The first-order valence-electron chi connectivity index (χ1n) is 0.532. The second-order valence-corrected chi connectivity index (χ2v) is 0.692. The van der Waals surface area contributed by atoms with Gasteiger partial charge in [0.1, 0.15) is 0 Å². The van der Waals surface area contributed by atoms with E-state index in [2.05, 4.69) is 0 Å². The maximum atomic E-state index is 8.67. The molecule has 0 aliphatic heterocycles. The van der Waals surface area contributed by atoms with Crippen molar-refractivity contribution in [2.45, 2.75) is 0 Å². The summed E-state index contributed by atoms with van der Waals surface area (Å²) < 4.78 is 22.8. The van der Waals surface area contributed by atoms with Crippen LogP contribution in [-0.4, -0.2) is 59.9 Å². The molecule has 0 atom stereocenters. The Labute approximate surface area is 70.8 Å². The average Bonchev–Trinajstić information content (AvgIpc) is 0.811. The molecular weight excluding hydrogens is 182 g/mol. The van der Waals surface area contributed by atoms with Crippen LogP contribution in [0.2, 0.25) is 0 Å². The van der Waals surface area contributed by atoms with Crippen LogP contribution in [0.25, 0.3) is 0 Å². The second kappa shape index (κ2) is 9.77. The molecule has 0 aromatic heterocycles. The van der Waals surface area contributed by atoms with Crippen LogP contribution in [0.4, 0.5) is 0 Å². The van der Waals surface area contributed by atoms with Crippen molar-refractivity contribution in [3.8, 4) is 0 Å². The summed E-state index contributed by atoms with van der Waals surface area (Å²) in [5, 5.41) is 0. The standard InChI is InChI=1S/Na.H2O3S.H2Se.H/c;1-4(2)3;;/h;(H2,1,2,3);1H2;. The quantitative estimate of drug-likeness (QED) is 0.344. The zero-order valence-corrected chi connectivity index (χ0v) is 5.13. The summed E-state index contributed by atoms with van der Waals surface area (Å²) in [5.74, 6) is 0. The van der Waals surface area contributed by atoms with Crippen molar-refractivity contribution < 1.29 is 13.3 Å². The molecule has 0 amide bonds. The van der Waals surface area contributed by atoms with E-state index in [0.717, 1.165) is 0 Å². The third-order valence-corrected chi connectivity index (χ3v) is 0. The van der Waals surface area contributed by atoms with Crippen LogP contribution in [0, 0.1) is 0 Å². The van der Waals surface area contributed by atoms with Crippen LogP contribution < -0.4 is 0 Å². The van der Waals surface area contributed by atoms with Crippen molar-refractivity contribution in [2.24, 2.45) is 0 Å². The van der Waals surface area contributed by atoms with Gasteiger partial charge < -0.3 is 0 Å². The zero-order chi connectivity index (χ0) is 3.58. The molecule has 36 valence electrons. The van der Waals surface area contributed by atoms with Crippen LogP contribution in [0.3, 0.4) is 0 Å². The van der Waals surface area contributed by atoms with E-state index in [1.807, 2.05) is 0 Å². The predicted molar refractivity (Wildman–Crippen MR) is 29.1 cm³/mol. The van der Waals surface area contributed by atoms with Crippen molar-refractivity contribution in [1.82, 2.24) is 0 Å². The Morgan fingerprint density at radius 1 is 1.33 bits per heavy atom. The van der Waals surface area contributed by atoms with Gasteiger partial charge in [0.2, 0.25) is 0 Å². The molecule has 0 spiro atoms. The summed E-state index contributed by atoms with van der Waals surface area (Å²) in [7, 11) is 0. The van der Waals surface area contributed by atoms with E-state index < -0.39 is 11.4 Å². The first-order valence-corrected chi connectivity index (χ1v) is 1.60. The van der Waals surface area contributed by atoms with E-state index in [1.165, 1.54) is 0 Å². The Bertz CT molecular complexity index is 33.8. The fraction of sp³-hybridized carbons (Fsp3) is 0. The second-order valence-electron chi connectivity index (χ2n) is 0.231. The Balaban J connectivity index is -0.0000000450. The first-order chi connectivity index (χ1) is 1.73. The molecular formula is H5NaO3SSe. The summed E-state index contributed by atoms with van der Waals surface area (Å²) in [5.41, 5.74) is 0. The van der Waals surface area contributed by atoms with Crippen LogP contribution in [0.15, 0.2) is 0 Å². The van der Waals surface area contributed by atoms with E-state index in [9.17, 15) is 0 Å². The van der Waals surface area contributed by atoms with Crippen LogP contribution in [-0.2, 0) is 11.4 Å². The van der Waals surface area contributed by atoms with E-state index in [4.69, 9.17) is 13.3 Å². The molecule has 0 saturated carbocycles. The van der Waals surface area contributed by atoms with Crippen molar-refractivity contribution >= 4 is 58.0 Å². The third kappa shape index (κ3) is 46.6. The van der Waals surface area contributed by atoms with Gasteiger partial charge in [-0.3, -0.25) is 9.11 Å². The topological polar surface area (TPSA) is 57.5 Å². The van der Waals surface area contributed by atoms with Crippen molar-refractivity contribution in [3.63, 3.8) is 0 Å². The zero-order valence-electron chi connectivity index (χ0n) is 2.21. The van der Waals surface area contributed by atoms with Gasteiger partial charge in [0.25, 0.3) is 11.4 Å². The Hall–Kier alpha value is 1.59. The molecule has 6 heavy (non-hydrogen) atoms. The van der Waals surface area contributed by atoms with E-state index in [1.54, 1.807) is 0 Å². The van der Waals surface area contributed by atoms with Crippen molar-refractivity contribution in [1.29, 1.82) is 0 Å². The molecule has 2 N–H and O–H groups in total. The van der Waals surface area contributed by atoms with Gasteiger partial charge in [-0.15, -0.1) is 0 Å². The number of hydrogen-bond acceptors (Lipinski definition) is 1. The molecule has 0 aromatic carbocycles. The minimum atomic E-state index is -2.61. The van der Waals surface area contributed by atoms with Crippen LogP contribution >= 0.6 is 0 Å². The third-order valence-electron chi connectivity index (χ3n) is 0. The molecule has 0 rings (SSSR count). The van der Waals surface area contributed by atoms with E-state index in [-0.39, 0.29) is 46.6 Å². The van der Waals surface area contributed by atoms with Crippen LogP contribution in [0.5, 0.6) is 0 Å². The van der Waals surface area contributed by atoms with Gasteiger partial charge in [0, 0.05) is 0 Å². The number of hydrogen-bond donors (Lipinski definition) is 2. The fourth-order valence-electron chi connectivity index (χ4n) is 0. The fourth-order valence-corrected chi connectivity index (χ4v) is 0. The normalized spacial score (nSPS) is 5.83. The first kappa shape index (κ1) is 15.6. The molecule has 0 aliphatic rings. The molecule has 0 unspecified atom stereocenters. The maximum absolute atomic E-state index is 8.67. The van der Waals surface area contributed by atoms with Gasteiger partial charge in [0.15, 0.2) is 0 Å². The predicted octanol–water partition coefficient (Wildman–Crippen LogP) is -1.88. The Morgan fingerprint density at radius 2 is 1.33 bits per heavy atom. The monoisotopic (exact) mass is 188 g/mol. The van der Waals surface area contributed by atoms with E-state index in [0.29, 0.717) is 0 Å². The Morgan fingerprint density at radius 3 is 1.33 bits per heavy atom. The minimum absolute atomic E-state index is 0. The molecule has 3 nitrogen and oxygen atoms in total. The van der Waals surface area contributed by atoms with Crippen molar-refractivity contribution in [2.75, 3.05) is 0 Å². The SMILES string of the molecule is O=S(O)O.[NaH].[SeH2]. The summed E-state index contributed by atoms with van der Waals surface area (Å²) >= 11 is -2.61. The summed E-state index contributed by atoms with van der Waals surface area (Å²) in [6.45, 7) is 0. The molecule has 0 radical (unpaired) electrons. The van der Waals surface area contributed by atoms with Gasteiger partial charge in [-0.25, -0.2) is 0 Å². The summed E-state index contributed by atoms with van der Waals surface area (Å²) in [6.07, 6.45) is 0. The summed E-state index contributed by atoms with van der Waals surface area (Å²) in [4.78, 5) is 0. The van der Waals surface area contributed by atoms with Gasteiger partial charge in [0.05, 0.1) is 0 Å². The molecule has 0 aromatic rings. The van der Waals surface area contributed by atoms with E-state index >= 15 is 0 Å². The number of rotatable bonds is 0. The van der Waals surface area contributed by atoms with Crippen LogP contribution in [0.1, 0.15) is 0 Å². The molecule has 0 fully saturated rings. The van der Waals surface area contributed by atoms with Gasteiger partial charge in [-0.2, -0.15) is 4.21 Å². The Kier molecular flexibility index (Phi) is 25.5. The average molecular weight is 187 g/mol. The molecule has 0 bridgehead atoms. The molecule has 6 heteroatoms. The molecule has 0 heterocycles. The van der Waals surface area contributed by atoms with Gasteiger partial charge in [-0.05, 0) is 0 Å². The van der Waals surface area contributed by atoms with Crippen molar-refractivity contribution in [3.05, 3.63) is 0 Å². The molecule has 0 aliphatic carbocycles. The molecule has 0 saturated heterocycles. The van der Waals surface area contributed by atoms with Gasteiger partial charge in [-0.1, -0.05) is 0 Å². The summed E-state index contributed by atoms with van der Waals surface area (Å²) in [6, 6.07) is 0.